The lowest BCUT2D eigenvalue weighted by Crippen LogP contribution is -2.45. The number of ether oxygens (including phenoxy) is 1. The molecule has 1 aromatic heterocycles. The number of nitrogens with zero attached hydrogens (tertiary/aromatic N) is 3. The number of para-hydroxylation sites is 1. The van der Waals surface area contributed by atoms with Crippen LogP contribution in [-0.2, 0) is 4.79 Å². The average molecular weight is 487 g/mol. The van der Waals surface area contributed by atoms with Gasteiger partial charge in [0.15, 0.2) is 5.69 Å². The van der Waals surface area contributed by atoms with E-state index in [2.05, 4.69) is 10.4 Å². The summed E-state index contributed by atoms with van der Waals surface area (Å²) in [5, 5.41) is 8.20. The molecule has 9 heteroatoms. The minimum Gasteiger partial charge on any atom is -0.497 e. The van der Waals surface area contributed by atoms with Crippen LogP contribution in [0.15, 0.2) is 83.7 Å². The van der Waals surface area contributed by atoms with Crippen molar-refractivity contribution in [3.8, 4) is 11.4 Å². The molecule has 2 amide bonds. The topological polar surface area (TPSA) is 93.5 Å². The molecule has 1 aliphatic heterocycles. The van der Waals surface area contributed by atoms with Gasteiger partial charge in [-0.2, -0.15) is 9.78 Å². The smallest absolute Gasteiger partial charge is 0.279 e. The first-order valence-electron chi connectivity index (χ1n) is 11.0. The van der Waals surface area contributed by atoms with E-state index in [1.54, 1.807) is 79.9 Å². The SMILES string of the molecule is COc1ccc(NC(=O)C2CSCN2C(=O)c2nn(-c3ccccc3)c(=O)c3ccccc23)cc1. The second-order valence-corrected chi connectivity index (χ2v) is 8.95. The van der Waals surface area contributed by atoms with Crippen molar-refractivity contribution in [2.24, 2.45) is 0 Å². The van der Waals surface area contributed by atoms with E-state index in [0.717, 1.165) is 0 Å². The highest BCUT2D eigenvalue weighted by Gasteiger charge is 2.36. The van der Waals surface area contributed by atoms with Crippen molar-refractivity contribution in [3.63, 3.8) is 0 Å². The van der Waals surface area contributed by atoms with Crippen LogP contribution in [0.1, 0.15) is 10.5 Å². The van der Waals surface area contributed by atoms with E-state index < -0.39 is 11.9 Å². The molecule has 0 saturated carbocycles. The summed E-state index contributed by atoms with van der Waals surface area (Å²) in [6.45, 7) is 0. The van der Waals surface area contributed by atoms with Crippen molar-refractivity contribution in [1.29, 1.82) is 0 Å². The predicted molar refractivity (Wildman–Crippen MR) is 136 cm³/mol. The lowest BCUT2D eigenvalue weighted by Gasteiger charge is -2.23. The van der Waals surface area contributed by atoms with Crippen molar-refractivity contribution in [3.05, 3.63) is 94.9 Å². The molecule has 176 valence electrons. The van der Waals surface area contributed by atoms with E-state index in [-0.39, 0.29) is 17.2 Å². The number of thioether (sulfide) groups is 1. The number of fused-ring (bicyclic) bond motifs is 1. The molecule has 5 rings (SSSR count). The number of carbonyl (C=O) groups excluding carboxylic acids is 2. The number of hydrogen-bond acceptors (Lipinski definition) is 6. The number of benzene rings is 3. The van der Waals surface area contributed by atoms with Gasteiger partial charge in [-0.3, -0.25) is 14.4 Å². The molecule has 35 heavy (non-hydrogen) atoms. The van der Waals surface area contributed by atoms with Gasteiger partial charge in [0.25, 0.3) is 11.5 Å². The Kier molecular flexibility index (Phi) is 6.24. The number of methoxy groups -OCH3 is 1. The van der Waals surface area contributed by atoms with E-state index in [9.17, 15) is 14.4 Å². The highest BCUT2D eigenvalue weighted by Crippen LogP contribution is 2.26. The fourth-order valence-electron chi connectivity index (χ4n) is 3.99. The first-order valence-corrected chi connectivity index (χ1v) is 12.1. The molecule has 0 spiro atoms. The number of nitrogens with one attached hydrogen (secondary N) is 1. The van der Waals surface area contributed by atoms with Gasteiger partial charge in [-0.15, -0.1) is 11.8 Å². The molecule has 3 aromatic carbocycles. The maximum absolute atomic E-state index is 13.7. The zero-order chi connectivity index (χ0) is 24.4. The van der Waals surface area contributed by atoms with Crippen LogP contribution in [0, 0.1) is 0 Å². The fourth-order valence-corrected chi connectivity index (χ4v) is 5.14. The Morgan fingerprint density at radius 3 is 2.37 bits per heavy atom. The molecule has 0 aliphatic carbocycles. The molecule has 0 bridgehead atoms. The summed E-state index contributed by atoms with van der Waals surface area (Å²) >= 11 is 1.50. The zero-order valence-corrected chi connectivity index (χ0v) is 19.7. The van der Waals surface area contributed by atoms with E-state index >= 15 is 0 Å². The van der Waals surface area contributed by atoms with Gasteiger partial charge >= 0.3 is 0 Å². The molecule has 4 aromatic rings. The van der Waals surface area contributed by atoms with Crippen LogP contribution in [0.2, 0.25) is 0 Å². The summed E-state index contributed by atoms with van der Waals surface area (Å²) in [5.41, 5.74) is 0.991. The van der Waals surface area contributed by atoms with Crippen LogP contribution in [0.5, 0.6) is 5.75 Å². The first-order chi connectivity index (χ1) is 17.1. The van der Waals surface area contributed by atoms with Gasteiger partial charge in [0, 0.05) is 16.8 Å². The molecular weight excluding hydrogens is 464 g/mol. The third-order valence-corrected chi connectivity index (χ3v) is 6.82. The minimum atomic E-state index is -0.674. The quantitative estimate of drug-likeness (QED) is 0.464. The van der Waals surface area contributed by atoms with Crippen LogP contribution >= 0.6 is 11.8 Å². The van der Waals surface area contributed by atoms with Gasteiger partial charge < -0.3 is 15.0 Å². The Balaban J connectivity index is 1.49. The second-order valence-electron chi connectivity index (χ2n) is 7.96. The molecule has 1 N–H and O–H groups in total. The van der Waals surface area contributed by atoms with Gasteiger partial charge in [0.05, 0.1) is 24.1 Å². The third-order valence-electron chi connectivity index (χ3n) is 5.81. The van der Waals surface area contributed by atoms with Gasteiger partial charge in [0.1, 0.15) is 11.8 Å². The Labute approximate surface area is 205 Å². The van der Waals surface area contributed by atoms with Crippen LogP contribution in [-0.4, -0.2) is 51.3 Å². The molecule has 0 radical (unpaired) electrons. The van der Waals surface area contributed by atoms with Crippen molar-refractivity contribution >= 4 is 40.0 Å². The largest absolute Gasteiger partial charge is 0.497 e. The number of carbonyl (C=O) groups is 2. The van der Waals surface area contributed by atoms with Crippen LogP contribution in [0.4, 0.5) is 5.69 Å². The van der Waals surface area contributed by atoms with Gasteiger partial charge in [-0.05, 0) is 42.5 Å². The van der Waals surface area contributed by atoms with Crippen molar-refractivity contribution in [2.75, 3.05) is 24.1 Å². The van der Waals surface area contributed by atoms with Crippen LogP contribution < -0.4 is 15.6 Å². The third kappa shape index (κ3) is 4.38. The standard InChI is InChI=1S/C26H22N4O4S/c1-34-19-13-11-17(12-14-19)27-24(31)22-15-35-16-29(22)26(33)23-20-9-5-6-10-21(20)25(32)30(28-23)18-7-3-2-4-8-18/h2-14,22H,15-16H2,1H3,(H,27,31). The summed E-state index contributed by atoms with van der Waals surface area (Å²) in [6.07, 6.45) is 0. The van der Waals surface area contributed by atoms with Crippen LogP contribution in [0.3, 0.4) is 0 Å². The molecule has 1 saturated heterocycles. The molecule has 2 heterocycles. The minimum absolute atomic E-state index is 0.133. The number of amides is 2. The Morgan fingerprint density at radius 2 is 1.66 bits per heavy atom. The highest BCUT2D eigenvalue weighted by molar-refractivity contribution is 7.99. The maximum Gasteiger partial charge on any atom is 0.279 e. The van der Waals surface area contributed by atoms with E-state index in [1.807, 2.05) is 6.07 Å². The normalized spacial score (nSPS) is 15.2. The van der Waals surface area contributed by atoms with E-state index in [4.69, 9.17) is 4.74 Å². The van der Waals surface area contributed by atoms with Gasteiger partial charge in [-0.1, -0.05) is 36.4 Å². The monoisotopic (exact) mass is 486 g/mol. The fraction of sp³-hybridized carbons (Fsp3) is 0.154. The van der Waals surface area contributed by atoms with Crippen molar-refractivity contribution < 1.29 is 14.3 Å². The van der Waals surface area contributed by atoms with Crippen LogP contribution in [0.25, 0.3) is 16.5 Å². The molecule has 8 nitrogen and oxygen atoms in total. The molecule has 1 unspecified atom stereocenters. The van der Waals surface area contributed by atoms with Crippen molar-refractivity contribution in [1.82, 2.24) is 14.7 Å². The maximum atomic E-state index is 13.7. The van der Waals surface area contributed by atoms with E-state index in [1.165, 1.54) is 21.3 Å². The molecular formula is C26H22N4O4S. The zero-order valence-electron chi connectivity index (χ0n) is 18.9. The van der Waals surface area contributed by atoms with Crippen molar-refractivity contribution in [2.45, 2.75) is 6.04 Å². The highest BCUT2D eigenvalue weighted by atomic mass is 32.2. The lowest BCUT2D eigenvalue weighted by molar-refractivity contribution is -0.119. The van der Waals surface area contributed by atoms with E-state index in [0.29, 0.717) is 39.5 Å². The molecule has 1 fully saturated rings. The Bertz CT molecular complexity index is 1450. The second kappa shape index (κ2) is 9.63. The number of aromatic nitrogens is 2. The average Bonchev–Trinajstić information content (AvgIpc) is 3.40. The number of hydrogen-bond donors (Lipinski definition) is 1. The van der Waals surface area contributed by atoms with Gasteiger partial charge in [-0.25, -0.2) is 0 Å². The summed E-state index contributed by atoms with van der Waals surface area (Å²) in [4.78, 5) is 41.5. The van der Waals surface area contributed by atoms with Gasteiger partial charge in [0.2, 0.25) is 5.91 Å². The Morgan fingerprint density at radius 1 is 0.971 bits per heavy atom. The summed E-state index contributed by atoms with van der Waals surface area (Å²) < 4.78 is 6.40. The number of anilines is 1. The summed E-state index contributed by atoms with van der Waals surface area (Å²) in [6, 6.07) is 22.2. The Hall–Kier alpha value is -4.11. The number of rotatable bonds is 5. The first kappa shape index (κ1) is 22.7. The predicted octanol–water partition coefficient (Wildman–Crippen LogP) is 3.55. The molecule has 1 aliphatic rings. The molecule has 1 atom stereocenters. The summed E-state index contributed by atoms with van der Waals surface area (Å²) in [5.74, 6) is 0.812. The lowest BCUT2D eigenvalue weighted by atomic mass is 10.1. The summed E-state index contributed by atoms with van der Waals surface area (Å²) in [7, 11) is 1.57.